The molecule has 0 N–H and O–H groups in total. The number of imidazole rings is 1. The Morgan fingerprint density at radius 2 is 2.19 bits per heavy atom. The lowest BCUT2D eigenvalue weighted by molar-refractivity contribution is -0.104. The molecule has 0 aliphatic carbocycles. The molecule has 0 fully saturated rings. The fourth-order valence-corrected chi connectivity index (χ4v) is 2.99. The fourth-order valence-electron chi connectivity index (χ4n) is 2.99. The van der Waals surface area contributed by atoms with Crippen molar-refractivity contribution in [2.45, 2.75) is 13.3 Å². The molecule has 3 rings (SSSR count). The van der Waals surface area contributed by atoms with Crippen molar-refractivity contribution >= 4 is 23.7 Å². The SMILES string of the molecule is C=C(\C=C/C=N/C(=C\C=O)C1=CCN(C)CC1)c1ccc2nc(C)cn2c1. The summed E-state index contributed by atoms with van der Waals surface area (Å²) in [6.07, 6.45) is 14.8. The minimum absolute atomic E-state index is 0.726. The molecule has 0 saturated carbocycles. The van der Waals surface area contributed by atoms with Gasteiger partial charge in [0.15, 0.2) is 0 Å². The maximum absolute atomic E-state index is 10.9. The summed E-state index contributed by atoms with van der Waals surface area (Å²) in [6, 6.07) is 3.99. The number of aryl methyl sites for hydroxylation is 1. The molecule has 0 atom stereocenters. The van der Waals surface area contributed by atoms with Crippen LogP contribution in [0.1, 0.15) is 17.7 Å². The lowest BCUT2D eigenvalue weighted by atomic mass is 10.1. The van der Waals surface area contributed by atoms with Gasteiger partial charge < -0.3 is 9.30 Å². The second-order valence-electron chi connectivity index (χ2n) is 6.66. The van der Waals surface area contributed by atoms with Gasteiger partial charge in [-0.25, -0.2) is 4.98 Å². The van der Waals surface area contributed by atoms with E-state index in [-0.39, 0.29) is 0 Å². The van der Waals surface area contributed by atoms with Crippen molar-refractivity contribution in [3.63, 3.8) is 0 Å². The molecule has 0 radical (unpaired) electrons. The van der Waals surface area contributed by atoms with Crippen molar-refractivity contribution in [3.05, 3.63) is 77.9 Å². The maximum Gasteiger partial charge on any atom is 0.144 e. The maximum atomic E-state index is 10.9. The van der Waals surface area contributed by atoms with Crippen molar-refractivity contribution in [1.82, 2.24) is 14.3 Å². The van der Waals surface area contributed by atoms with Crippen molar-refractivity contribution in [2.75, 3.05) is 20.1 Å². The largest absolute Gasteiger partial charge is 0.306 e. The van der Waals surface area contributed by atoms with Gasteiger partial charge in [-0.15, -0.1) is 0 Å². The van der Waals surface area contributed by atoms with Gasteiger partial charge in [0.1, 0.15) is 11.9 Å². The molecule has 138 valence electrons. The number of aliphatic imine (C=N–C) groups is 1. The molecule has 5 nitrogen and oxygen atoms in total. The standard InChI is InChI=1S/C22H24N4O/c1-17(20-6-7-22-24-18(2)15-26(22)16-20)5-4-11-23-21(10-14-27)19-8-12-25(3)13-9-19/h4-8,10-11,14-16H,1,9,12-13H2,2-3H3/b5-4-,21-10-,23-11+. The minimum Gasteiger partial charge on any atom is -0.306 e. The van der Waals surface area contributed by atoms with Gasteiger partial charge in [-0.05, 0) is 55.3 Å². The molecule has 0 aromatic carbocycles. The van der Waals surface area contributed by atoms with E-state index in [1.165, 1.54) is 6.08 Å². The number of pyridine rings is 1. The molecule has 0 saturated heterocycles. The second kappa shape index (κ2) is 8.56. The lowest BCUT2D eigenvalue weighted by Crippen LogP contribution is -2.24. The predicted molar refractivity (Wildman–Crippen MR) is 111 cm³/mol. The molecule has 1 aliphatic rings. The third-order valence-electron chi connectivity index (χ3n) is 4.51. The number of allylic oxidation sites excluding steroid dienone is 5. The highest BCUT2D eigenvalue weighted by Gasteiger charge is 2.10. The summed E-state index contributed by atoms with van der Waals surface area (Å²) in [7, 11) is 2.08. The number of hydrogen-bond acceptors (Lipinski definition) is 4. The smallest absolute Gasteiger partial charge is 0.144 e. The highest BCUT2D eigenvalue weighted by Crippen LogP contribution is 2.19. The van der Waals surface area contributed by atoms with Crippen LogP contribution in [0.25, 0.3) is 11.2 Å². The number of carbonyl (C=O) groups is 1. The Kier molecular flexibility index (Phi) is 5.94. The van der Waals surface area contributed by atoms with Crippen molar-refractivity contribution in [3.8, 4) is 0 Å². The molecule has 2 aromatic rings. The van der Waals surface area contributed by atoms with Crippen LogP contribution in [0.2, 0.25) is 0 Å². The van der Waals surface area contributed by atoms with Crippen LogP contribution in [-0.2, 0) is 4.79 Å². The second-order valence-corrected chi connectivity index (χ2v) is 6.66. The molecule has 0 amide bonds. The Balaban J connectivity index is 1.69. The third-order valence-corrected chi connectivity index (χ3v) is 4.51. The molecule has 3 heterocycles. The van der Waals surface area contributed by atoms with Crippen LogP contribution < -0.4 is 0 Å². The van der Waals surface area contributed by atoms with Crippen LogP contribution >= 0.6 is 0 Å². The molecular weight excluding hydrogens is 336 g/mol. The van der Waals surface area contributed by atoms with E-state index in [0.717, 1.165) is 59.5 Å². The van der Waals surface area contributed by atoms with E-state index in [0.29, 0.717) is 0 Å². The van der Waals surface area contributed by atoms with Crippen LogP contribution in [0, 0.1) is 6.92 Å². The van der Waals surface area contributed by atoms with Crippen LogP contribution in [0.15, 0.2) is 71.7 Å². The van der Waals surface area contributed by atoms with E-state index >= 15 is 0 Å². The topological polar surface area (TPSA) is 50.0 Å². The summed E-state index contributed by atoms with van der Waals surface area (Å²) in [5, 5.41) is 0. The summed E-state index contributed by atoms with van der Waals surface area (Å²) in [5.41, 5.74) is 5.65. The van der Waals surface area contributed by atoms with Crippen LogP contribution in [-0.4, -0.2) is 46.9 Å². The summed E-state index contributed by atoms with van der Waals surface area (Å²) in [6.45, 7) is 7.95. The molecule has 0 spiro atoms. The molecule has 27 heavy (non-hydrogen) atoms. The predicted octanol–water partition coefficient (Wildman–Crippen LogP) is 3.63. The fraction of sp³-hybridized carbons (Fsp3) is 0.227. The lowest BCUT2D eigenvalue weighted by Gasteiger charge is -2.21. The molecule has 0 bridgehead atoms. The third kappa shape index (κ3) is 4.77. The molecule has 5 heteroatoms. The normalized spacial score (nSPS) is 16.4. The number of hydrogen-bond donors (Lipinski definition) is 0. The van der Waals surface area contributed by atoms with Gasteiger partial charge in [0.2, 0.25) is 0 Å². The van der Waals surface area contributed by atoms with E-state index in [1.807, 2.05) is 48.0 Å². The zero-order valence-corrected chi connectivity index (χ0v) is 15.8. The highest BCUT2D eigenvalue weighted by atomic mass is 16.1. The van der Waals surface area contributed by atoms with Crippen LogP contribution in [0.4, 0.5) is 0 Å². The Hall–Kier alpha value is -3.05. The first-order valence-corrected chi connectivity index (χ1v) is 8.95. The van der Waals surface area contributed by atoms with Gasteiger partial charge in [-0.1, -0.05) is 18.7 Å². The Morgan fingerprint density at radius 3 is 2.93 bits per heavy atom. The summed E-state index contributed by atoms with van der Waals surface area (Å²) < 4.78 is 2.00. The first-order valence-electron chi connectivity index (χ1n) is 8.95. The number of carbonyl (C=O) groups excluding carboxylic acids is 1. The van der Waals surface area contributed by atoms with Gasteiger partial charge in [0.25, 0.3) is 0 Å². The van der Waals surface area contributed by atoms with Gasteiger partial charge in [0, 0.05) is 37.8 Å². The zero-order valence-electron chi connectivity index (χ0n) is 15.8. The minimum atomic E-state index is 0.726. The Bertz CT molecular complexity index is 975. The highest BCUT2D eigenvalue weighted by molar-refractivity contribution is 5.81. The Labute approximate surface area is 159 Å². The summed E-state index contributed by atoms with van der Waals surface area (Å²) >= 11 is 0. The molecular formula is C22H24N4O. The van der Waals surface area contributed by atoms with E-state index in [1.54, 1.807) is 6.21 Å². The van der Waals surface area contributed by atoms with Crippen LogP contribution in [0.3, 0.4) is 0 Å². The van der Waals surface area contributed by atoms with E-state index < -0.39 is 0 Å². The average Bonchev–Trinajstić information content (AvgIpc) is 3.04. The molecule has 2 aromatic heterocycles. The van der Waals surface area contributed by atoms with Crippen molar-refractivity contribution in [1.29, 1.82) is 0 Å². The zero-order chi connectivity index (χ0) is 19.2. The van der Waals surface area contributed by atoms with E-state index in [2.05, 4.69) is 34.6 Å². The van der Waals surface area contributed by atoms with E-state index in [9.17, 15) is 4.79 Å². The number of rotatable bonds is 6. The van der Waals surface area contributed by atoms with Gasteiger partial charge in [-0.2, -0.15) is 0 Å². The van der Waals surface area contributed by atoms with Gasteiger partial charge >= 0.3 is 0 Å². The quantitative estimate of drug-likeness (QED) is 0.342. The number of nitrogens with zero attached hydrogens (tertiary/aromatic N) is 4. The van der Waals surface area contributed by atoms with Gasteiger partial charge in [0.05, 0.1) is 11.4 Å². The average molecular weight is 360 g/mol. The number of aldehydes is 1. The van der Waals surface area contributed by atoms with Crippen LogP contribution in [0.5, 0.6) is 0 Å². The summed E-state index contributed by atoms with van der Waals surface area (Å²) in [5.74, 6) is 0. The molecule has 1 aliphatic heterocycles. The number of aromatic nitrogens is 2. The summed E-state index contributed by atoms with van der Waals surface area (Å²) in [4.78, 5) is 22.0. The first kappa shape index (κ1) is 18.7. The number of likely N-dealkylation sites (N-methyl/N-ethyl adjacent to an activating group) is 1. The molecule has 0 unspecified atom stereocenters. The van der Waals surface area contributed by atoms with Crippen molar-refractivity contribution in [2.24, 2.45) is 4.99 Å². The number of fused-ring (bicyclic) bond motifs is 1. The monoisotopic (exact) mass is 360 g/mol. The first-order chi connectivity index (χ1) is 13.1. The van der Waals surface area contributed by atoms with E-state index in [4.69, 9.17) is 0 Å². The Morgan fingerprint density at radius 1 is 1.33 bits per heavy atom. The van der Waals surface area contributed by atoms with Crippen molar-refractivity contribution < 1.29 is 4.79 Å². The van der Waals surface area contributed by atoms with Gasteiger partial charge in [-0.3, -0.25) is 9.79 Å².